The van der Waals surface area contributed by atoms with Gasteiger partial charge in [-0.3, -0.25) is 0 Å². The summed E-state index contributed by atoms with van der Waals surface area (Å²) >= 11 is 0. The molecule has 1 aliphatic rings. The van der Waals surface area contributed by atoms with Gasteiger partial charge in [0.05, 0.1) is 0 Å². The molecule has 0 fully saturated rings. The molecular formula is C17H21N3. The molecule has 3 nitrogen and oxygen atoms in total. The molecule has 1 aromatic carbocycles. The first-order valence-electron chi connectivity index (χ1n) is 7.37. The Morgan fingerprint density at radius 3 is 2.80 bits per heavy atom. The van der Waals surface area contributed by atoms with Crippen molar-refractivity contribution in [3.8, 4) is 0 Å². The quantitative estimate of drug-likeness (QED) is 0.852. The number of rotatable bonds is 4. The number of aromatic nitrogens is 2. The Balaban J connectivity index is 1.68. The minimum Gasteiger partial charge on any atom is -0.353 e. The van der Waals surface area contributed by atoms with Crippen molar-refractivity contribution in [3.05, 3.63) is 53.5 Å². The second-order valence-electron chi connectivity index (χ2n) is 5.58. The van der Waals surface area contributed by atoms with E-state index < -0.39 is 0 Å². The Kier molecular flexibility index (Phi) is 3.68. The van der Waals surface area contributed by atoms with Gasteiger partial charge in [0, 0.05) is 23.8 Å². The topological polar surface area (TPSA) is 29.0 Å². The molecule has 20 heavy (non-hydrogen) atoms. The molecule has 2 heterocycles. The van der Waals surface area contributed by atoms with Gasteiger partial charge >= 0.3 is 0 Å². The Bertz CT molecular complexity index is 580. The maximum Gasteiger partial charge on any atom is 0.135 e. The maximum atomic E-state index is 4.49. The van der Waals surface area contributed by atoms with Crippen molar-refractivity contribution in [3.63, 3.8) is 0 Å². The highest BCUT2D eigenvalue weighted by atomic mass is 15.2. The Morgan fingerprint density at radius 2 is 2.00 bits per heavy atom. The first-order valence-corrected chi connectivity index (χ1v) is 7.37. The molecule has 104 valence electrons. The van der Waals surface area contributed by atoms with E-state index in [9.17, 15) is 0 Å². The predicted octanol–water partition coefficient (Wildman–Crippen LogP) is 3.17. The highest BCUT2D eigenvalue weighted by Crippen LogP contribution is 2.29. The first-order chi connectivity index (χ1) is 9.75. The van der Waals surface area contributed by atoms with Crippen LogP contribution in [0.1, 0.15) is 30.2 Å². The van der Waals surface area contributed by atoms with Gasteiger partial charge in [-0.1, -0.05) is 30.3 Å². The molecule has 0 radical (unpaired) electrons. The molecule has 0 aliphatic carbocycles. The Morgan fingerprint density at radius 1 is 1.20 bits per heavy atom. The van der Waals surface area contributed by atoms with Gasteiger partial charge in [0.2, 0.25) is 0 Å². The molecule has 1 aliphatic heterocycles. The first kappa shape index (κ1) is 13.1. The summed E-state index contributed by atoms with van der Waals surface area (Å²) in [6.45, 7) is 5.46. The zero-order valence-corrected chi connectivity index (χ0v) is 12.2. The number of aryl methyl sites for hydroxylation is 2. The molecule has 1 aromatic heterocycles. The zero-order valence-electron chi connectivity index (χ0n) is 12.2. The van der Waals surface area contributed by atoms with Crippen LogP contribution in [0.25, 0.3) is 0 Å². The summed E-state index contributed by atoms with van der Waals surface area (Å²) in [7, 11) is 0. The van der Waals surface area contributed by atoms with Crippen molar-refractivity contribution >= 4 is 5.82 Å². The van der Waals surface area contributed by atoms with Crippen molar-refractivity contribution in [1.29, 1.82) is 0 Å². The van der Waals surface area contributed by atoms with Crippen LogP contribution in [-0.2, 0) is 12.8 Å². The zero-order chi connectivity index (χ0) is 13.9. The third-order valence-corrected chi connectivity index (χ3v) is 4.24. The standard InChI is InChI=1S/C17H21N3/c1-13(8-9-15-6-4-3-5-7-15)20-11-10-16-14(2)18-12-19-17(16)20/h3-7,12-13H,8-11H2,1-2H3. The van der Waals surface area contributed by atoms with Crippen molar-refractivity contribution in [2.24, 2.45) is 0 Å². The molecular weight excluding hydrogens is 246 g/mol. The van der Waals surface area contributed by atoms with E-state index in [2.05, 4.69) is 59.0 Å². The summed E-state index contributed by atoms with van der Waals surface area (Å²) in [5.41, 5.74) is 3.88. The predicted molar refractivity (Wildman–Crippen MR) is 82.0 cm³/mol. The summed E-state index contributed by atoms with van der Waals surface area (Å²) in [5.74, 6) is 1.15. The van der Waals surface area contributed by atoms with E-state index in [1.54, 1.807) is 6.33 Å². The lowest BCUT2D eigenvalue weighted by molar-refractivity contribution is 0.600. The summed E-state index contributed by atoms with van der Waals surface area (Å²) in [4.78, 5) is 11.2. The van der Waals surface area contributed by atoms with Crippen LogP contribution in [0.5, 0.6) is 0 Å². The molecule has 1 atom stereocenters. The summed E-state index contributed by atoms with van der Waals surface area (Å²) in [6, 6.07) is 11.2. The largest absolute Gasteiger partial charge is 0.353 e. The Labute approximate surface area is 120 Å². The van der Waals surface area contributed by atoms with Gasteiger partial charge in [-0.15, -0.1) is 0 Å². The fourth-order valence-corrected chi connectivity index (χ4v) is 2.97. The number of anilines is 1. The van der Waals surface area contributed by atoms with E-state index >= 15 is 0 Å². The molecule has 0 bridgehead atoms. The van der Waals surface area contributed by atoms with E-state index in [1.807, 2.05) is 0 Å². The lowest BCUT2D eigenvalue weighted by Gasteiger charge is -2.26. The summed E-state index contributed by atoms with van der Waals surface area (Å²) in [6.07, 6.45) is 5.05. The van der Waals surface area contributed by atoms with E-state index in [0.717, 1.165) is 37.3 Å². The van der Waals surface area contributed by atoms with Crippen LogP contribution in [0, 0.1) is 6.92 Å². The minimum absolute atomic E-state index is 0.519. The smallest absolute Gasteiger partial charge is 0.135 e. The van der Waals surface area contributed by atoms with Crippen LogP contribution in [-0.4, -0.2) is 22.6 Å². The number of nitrogens with zero attached hydrogens (tertiary/aromatic N) is 3. The van der Waals surface area contributed by atoms with Gasteiger partial charge in [0.25, 0.3) is 0 Å². The second-order valence-corrected chi connectivity index (χ2v) is 5.58. The fourth-order valence-electron chi connectivity index (χ4n) is 2.97. The van der Waals surface area contributed by atoms with Gasteiger partial charge in [-0.25, -0.2) is 9.97 Å². The van der Waals surface area contributed by atoms with Crippen LogP contribution in [0.15, 0.2) is 36.7 Å². The van der Waals surface area contributed by atoms with Crippen LogP contribution in [0.2, 0.25) is 0 Å². The average molecular weight is 267 g/mol. The van der Waals surface area contributed by atoms with Crippen LogP contribution in [0.4, 0.5) is 5.82 Å². The molecule has 1 unspecified atom stereocenters. The molecule has 0 saturated carbocycles. The van der Waals surface area contributed by atoms with Crippen LogP contribution >= 0.6 is 0 Å². The molecule has 0 spiro atoms. The van der Waals surface area contributed by atoms with Crippen molar-refractivity contribution in [2.75, 3.05) is 11.4 Å². The SMILES string of the molecule is Cc1ncnc2c1CCN2C(C)CCc1ccccc1. The van der Waals surface area contributed by atoms with E-state index in [4.69, 9.17) is 0 Å². The van der Waals surface area contributed by atoms with Gasteiger partial charge in [0.1, 0.15) is 12.1 Å². The van der Waals surface area contributed by atoms with Crippen LogP contribution < -0.4 is 4.90 Å². The molecule has 3 rings (SSSR count). The van der Waals surface area contributed by atoms with Crippen molar-refractivity contribution in [1.82, 2.24) is 9.97 Å². The summed E-state index contributed by atoms with van der Waals surface area (Å²) < 4.78 is 0. The van der Waals surface area contributed by atoms with Gasteiger partial charge in [-0.05, 0) is 38.7 Å². The molecule has 3 heteroatoms. The lowest BCUT2D eigenvalue weighted by atomic mass is 10.1. The molecule has 0 amide bonds. The number of fused-ring (bicyclic) bond motifs is 1. The van der Waals surface area contributed by atoms with E-state index in [0.29, 0.717) is 6.04 Å². The highest BCUT2D eigenvalue weighted by molar-refractivity contribution is 5.53. The van der Waals surface area contributed by atoms with Gasteiger partial charge in [0.15, 0.2) is 0 Å². The van der Waals surface area contributed by atoms with Crippen LogP contribution in [0.3, 0.4) is 0 Å². The maximum absolute atomic E-state index is 4.49. The minimum atomic E-state index is 0.519. The summed E-state index contributed by atoms with van der Waals surface area (Å²) in [5, 5.41) is 0. The molecule has 0 saturated heterocycles. The lowest BCUT2D eigenvalue weighted by Crippen LogP contribution is -2.32. The van der Waals surface area contributed by atoms with E-state index in [-0.39, 0.29) is 0 Å². The average Bonchev–Trinajstić information content (AvgIpc) is 2.91. The normalized spacial score (nSPS) is 15.2. The van der Waals surface area contributed by atoms with Crippen molar-refractivity contribution in [2.45, 2.75) is 39.2 Å². The molecule has 0 N–H and O–H groups in total. The second kappa shape index (κ2) is 5.61. The number of hydrogen-bond donors (Lipinski definition) is 0. The van der Waals surface area contributed by atoms with Crippen molar-refractivity contribution < 1.29 is 0 Å². The van der Waals surface area contributed by atoms with E-state index in [1.165, 1.54) is 11.1 Å². The third kappa shape index (κ3) is 2.53. The molecule has 2 aromatic rings. The third-order valence-electron chi connectivity index (χ3n) is 4.24. The van der Waals surface area contributed by atoms with Gasteiger partial charge in [-0.2, -0.15) is 0 Å². The number of benzene rings is 1. The van der Waals surface area contributed by atoms with Gasteiger partial charge < -0.3 is 4.90 Å². The fraction of sp³-hybridized carbons (Fsp3) is 0.412. The Hall–Kier alpha value is -1.90. The number of hydrogen-bond acceptors (Lipinski definition) is 3. The monoisotopic (exact) mass is 267 g/mol. The highest BCUT2D eigenvalue weighted by Gasteiger charge is 2.26.